The zero-order valence-corrected chi connectivity index (χ0v) is 8.60. The second-order valence-electron chi connectivity index (χ2n) is 2.77. The number of nitrogens with zero attached hydrogens (tertiary/aromatic N) is 2. The standard InChI is InChI=1S/C7H9N3O4S/c1-15(13,14)10(8)6-4-5(7(11)12)2-3-9-6/h2-4H,8H2,1H3,(H,11,12). The maximum absolute atomic E-state index is 11.0. The zero-order valence-electron chi connectivity index (χ0n) is 7.78. The van der Waals surface area contributed by atoms with Gasteiger partial charge in [0, 0.05) is 6.20 Å². The van der Waals surface area contributed by atoms with Crippen LogP contribution in [-0.4, -0.2) is 30.7 Å². The summed E-state index contributed by atoms with van der Waals surface area (Å²) < 4.78 is 22.5. The number of aromatic carboxylic acids is 1. The number of pyridine rings is 1. The zero-order chi connectivity index (χ0) is 11.6. The van der Waals surface area contributed by atoms with Gasteiger partial charge in [-0.05, 0) is 12.1 Å². The fourth-order valence-electron chi connectivity index (χ4n) is 0.842. The fourth-order valence-corrected chi connectivity index (χ4v) is 1.28. The summed E-state index contributed by atoms with van der Waals surface area (Å²) in [5.74, 6) is 3.91. The van der Waals surface area contributed by atoms with Crippen molar-refractivity contribution in [1.82, 2.24) is 4.98 Å². The van der Waals surface area contributed by atoms with E-state index in [0.29, 0.717) is 4.41 Å². The topological polar surface area (TPSA) is 114 Å². The van der Waals surface area contributed by atoms with Crippen molar-refractivity contribution >= 4 is 21.8 Å². The third-order valence-electron chi connectivity index (χ3n) is 1.58. The van der Waals surface area contributed by atoms with Gasteiger partial charge in [-0.2, -0.15) is 4.41 Å². The number of carbonyl (C=O) groups is 1. The van der Waals surface area contributed by atoms with Crippen molar-refractivity contribution in [3.63, 3.8) is 0 Å². The Kier molecular flexibility index (Phi) is 2.91. The molecular formula is C7H9N3O4S. The quantitative estimate of drug-likeness (QED) is 0.531. The Bertz CT molecular complexity index is 485. The van der Waals surface area contributed by atoms with Crippen molar-refractivity contribution in [2.75, 3.05) is 10.7 Å². The van der Waals surface area contributed by atoms with Gasteiger partial charge in [-0.15, -0.1) is 0 Å². The van der Waals surface area contributed by atoms with Crippen LogP contribution >= 0.6 is 0 Å². The maximum atomic E-state index is 11.0. The Morgan fingerprint density at radius 3 is 2.67 bits per heavy atom. The van der Waals surface area contributed by atoms with Crippen LogP contribution in [0, 0.1) is 0 Å². The van der Waals surface area contributed by atoms with E-state index >= 15 is 0 Å². The molecule has 8 heteroatoms. The molecule has 82 valence electrons. The molecule has 0 aliphatic carbocycles. The van der Waals surface area contributed by atoms with Gasteiger partial charge >= 0.3 is 5.97 Å². The SMILES string of the molecule is CS(=O)(=O)N(N)c1cc(C(=O)O)ccn1. The number of hydrogen-bond donors (Lipinski definition) is 2. The van der Waals surface area contributed by atoms with Crippen LogP contribution in [0.4, 0.5) is 5.82 Å². The van der Waals surface area contributed by atoms with E-state index in [9.17, 15) is 13.2 Å². The molecule has 15 heavy (non-hydrogen) atoms. The Labute approximate surface area is 86.2 Å². The number of carboxylic acids is 1. The van der Waals surface area contributed by atoms with E-state index in [2.05, 4.69) is 4.98 Å². The highest BCUT2D eigenvalue weighted by molar-refractivity contribution is 7.92. The number of rotatable bonds is 3. The molecule has 1 heterocycles. The number of carboxylic acid groups (broad SMARTS) is 1. The predicted molar refractivity (Wildman–Crippen MR) is 52.7 cm³/mol. The largest absolute Gasteiger partial charge is 0.478 e. The lowest BCUT2D eigenvalue weighted by molar-refractivity contribution is 0.0697. The Morgan fingerprint density at radius 2 is 2.20 bits per heavy atom. The minimum absolute atomic E-state index is 0.0842. The molecule has 0 aromatic carbocycles. The Balaban J connectivity index is 3.17. The third-order valence-corrected chi connectivity index (χ3v) is 2.48. The molecule has 3 N–H and O–H groups in total. The number of anilines is 1. The summed E-state index contributed by atoms with van der Waals surface area (Å²) in [6.07, 6.45) is 2.06. The van der Waals surface area contributed by atoms with E-state index in [1.54, 1.807) is 0 Å². The summed E-state index contributed by atoms with van der Waals surface area (Å²) in [5, 5.41) is 8.66. The molecule has 0 spiro atoms. The van der Waals surface area contributed by atoms with Gasteiger partial charge < -0.3 is 5.11 Å². The van der Waals surface area contributed by atoms with Crippen molar-refractivity contribution in [2.45, 2.75) is 0 Å². The highest BCUT2D eigenvalue weighted by Crippen LogP contribution is 2.11. The van der Waals surface area contributed by atoms with Gasteiger partial charge in [0.1, 0.15) is 0 Å². The van der Waals surface area contributed by atoms with Gasteiger partial charge in [-0.25, -0.2) is 24.0 Å². The number of nitrogens with two attached hydrogens (primary N) is 1. The van der Waals surface area contributed by atoms with E-state index in [-0.39, 0.29) is 11.4 Å². The summed E-state index contributed by atoms with van der Waals surface area (Å²) in [6.45, 7) is 0. The van der Waals surface area contributed by atoms with E-state index in [1.807, 2.05) is 0 Å². The van der Waals surface area contributed by atoms with Crippen LogP contribution in [0.1, 0.15) is 10.4 Å². The Hall–Kier alpha value is -1.67. The predicted octanol–water partition coefficient (Wildman–Crippen LogP) is -0.581. The second kappa shape index (κ2) is 3.83. The van der Waals surface area contributed by atoms with Crippen molar-refractivity contribution in [3.8, 4) is 0 Å². The number of hydrazine groups is 1. The lowest BCUT2D eigenvalue weighted by Gasteiger charge is -2.14. The van der Waals surface area contributed by atoms with E-state index in [1.165, 1.54) is 12.3 Å². The van der Waals surface area contributed by atoms with E-state index < -0.39 is 16.0 Å². The second-order valence-corrected chi connectivity index (χ2v) is 4.63. The lowest BCUT2D eigenvalue weighted by atomic mass is 10.3. The van der Waals surface area contributed by atoms with Crippen molar-refractivity contribution in [3.05, 3.63) is 23.9 Å². The first-order valence-electron chi connectivity index (χ1n) is 3.76. The third kappa shape index (κ3) is 2.64. The van der Waals surface area contributed by atoms with Crippen LogP contribution in [0.2, 0.25) is 0 Å². The Morgan fingerprint density at radius 1 is 1.60 bits per heavy atom. The number of aromatic nitrogens is 1. The van der Waals surface area contributed by atoms with Gasteiger partial charge in [-0.3, -0.25) is 0 Å². The van der Waals surface area contributed by atoms with Gasteiger partial charge in [0.25, 0.3) is 0 Å². The highest BCUT2D eigenvalue weighted by Gasteiger charge is 2.15. The maximum Gasteiger partial charge on any atom is 0.335 e. The van der Waals surface area contributed by atoms with Crippen LogP contribution in [0.15, 0.2) is 18.3 Å². The first kappa shape index (κ1) is 11.4. The molecule has 1 aromatic heterocycles. The molecular weight excluding hydrogens is 222 g/mol. The van der Waals surface area contributed by atoms with Crippen LogP contribution < -0.4 is 10.3 Å². The van der Waals surface area contributed by atoms with Gasteiger partial charge in [0.2, 0.25) is 10.0 Å². The van der Waals surface area contributed by atoms with E-state index in [4.69, 9.17) is 10.9 Å². The summed E-state index contributed by atoms with van der Waals surface area (Å²) in [5.41, 5.74) is -0.0842. The number of hydrogen-bond acceptors (Lipinski definition) is 5. The molecule has 1 aromatic rings. The summed E-state index contributed by atoms with van der Waals surface area (Å²) in [7, 11) is -3.64. The minimum atomic E-state index is -3.64. The van der Waals surface area contributed by atoms with Crippen LogP contribution in [0.5, 0.6) is 0 Å². The molecule has 0 atom stereocenters. The first-order chi connectivity index (χ1) is 6.82. The van der Waals surface area contributed by atoms with Crippen molar-refractivity contribution < 1.29 is 18.3 Å². The van der Waals surface area contributed by atoms with Crippen LogP contribution in [-0.2, 0) is 10.0 Å². The van der Waals surface area contributed by atoms with Gasteiger partial charge in [-0.1, -0.05) is 0 Å². The highest BCUT2D eigenvalue weighted by atomic mass is 32.2. The fraction of sp³-hybridized carbons (Fsp3) is 0.143. The van der Waals surface area contributed by atoms with Crippen molar-refractivity contribution in [2.24, 2.45) is 5.84 Å². The molecule has 0 saturated carbocycles. The molecule has 0 aliphatic heterocycles. The summed E-state index contributed by atoms with van der Waals surface area (Å²) in [4.78, 5) is 14.2. The normalized spacial score (nSPS) is 11.1. The minimum Gasteiger partial charge on any atom is -0.478 e. The van der Waals surface area contributed by atoms with Gasteiger partial charge in [0.05, 0.1) is 11.8 Å². The average molecular weight is 231 g/mol. The molecule has 0 saturated heterocycles. The molecule has 0 unspecified atom stereocenters. The molecule has 0 fully saturated rings. The van der Waals surface area contributed by atoms with Crippen LogP contribution in [0.25, 0.3) is 0 Å². The van der Waals surface area contributed by atoms with Crippen molar-refractivity contribution in [1.29, 1.82) is 0 Å². The monoisotopic (exact) mass is 231 g/mol. The van der Waals surface area contributed by atoms with Crippen LogP contribution in [0.3, 0.4) is 0 Å². The first-order valence-corrected chi connectivity index (χ1v) is 5.61. The summed E-state index contributed by atoms with van der Waals surface area (Å²) in [6, 6.07) is 2.31. The lowest BCUT2D eigenvalue weighted by Crippen LogP contribution is -2.37. The molecule has 0 aliphatic rings. The molecule has 1 rings (SSSR count). The number of sulfonamides is 1. The smallest absolute Gasteiger partial charge is 0.335 e. The molecule has 7 nitrogen and oxygen atoms in total. The molecule has 0 radical (unpaired) electrons. The average Bonchev–Trinajstić information content (AvgIpc) is 2.15. The molecule has 0 bridgehead atoms. The molecule has 0 amide bonds. The summed E-state index contributed by atoms with van der Waals surface area (Å²) >= 11 is 0. The van der Waals surface area contributed by atoms with Gasteiger partial charge in [0.15, 0.2) is 5.82 Å². The van der Waals surface area contributed by atoms with E-state index in [0.717, 1.165) is 12.3 Å².